The normalized spacial score (nSPS) is 11.1. The number of ether oxygens (including phenoxy) is 2. The van der Waals surface area contributed by atoms with E-state index in [9.17, 15) is 23.2 Å². The molecule has 0 aliphatic rings. The Kier molecular flexibility index (Phi) is 5.61. The Morgan fingerprint density at radius 3 is 2.38 bits per heavy atom. The van der Waals surface area contributed by atoms with Gasteiger partial charge >= 0.3 is 11.9 Å². The number of hydrogen-bond donors (Lipinski definition) is 0. The largest absolute Gasteiger partial charge is 0.464 e. The maximum absolute atomic E-state index is 14.1. The van der Waals surface area contributed by atoms with E-state index in [0.717, 1.165) is 23.1 Å². The quantitative estimate of drug-likeness (QED) is 0.437. The summed E-state index contributed by atoms with van der Waals surface area (Å²) in [6.45, 7) is 3.01. The van der Waals surface area contributed by atoms with Crippen LogP contribution in [-0.2, 0) is 19.1 Å². The Balaban J connectivity index is 2.14. The van der Waals surface area contributed by atoms with Crippen molar-refractivity contribution in [3.63, 3.8) is 0 Å². The summed E-state index contributed by atoms with van der Waals surface area (Å²) in [4.78, 5) is 41.2. The van der Waals surface area contributed by atoms with Gasteiger partial charge in [0.1, 0.15) is 17.8 Å². The highest BCUT2D eigenvalue weighted by Crippen LogP contribution is 2.18. The molecule has 1 aromatic carbocycles. The van der Waals surface area contributed by atoms with Crippen molar-refractivity contribution in [2.24, 2.45) is 0 Å². The fraction of sp³-hybridized carbons (Fsp3) is 0.294. The number of nitrogens with zero attached hydrogens (tertiary/aromatic N) is 5. The summed E-state index contributed by atoms with van der Waals surface area (Å²) in [6, 6.07) is 1.02. The predicted molar refractivity (Wildman–Crippen MR) is 93.1 cm³/mol. The Hall–Kier alpha value is -3.70. The lowest BCUT2D eigenvalue weighted by atomic mass is 10.3. The molecule has 3 rings (SSSR count). The van der Waals surface area contributed by atoms with Gasteiger partial charge < -0.3 is 9.47 Å². The summed E-state index contributed by atoms with van der Waals surface area (Å²) in [5.74, 6) is -3.76. The van der Waals surface area contributed by atoms with E-state index in [-0.39, 0.29) is 30.1 Å². The third-order valence-electron chi connectivity index (χ3n) is 3.82. The molecule has 0 amide bonds. The van der Waals surface area contributed by atoms with Gasteiger partial charge in [-0.2, -0.15) is 4.68 Å². The Labute approximate surface area is 161 Å². The molecule has 0 bridgehead atoms. The summed E-state index contributed by atoms with van der Waals surface area (Å²) < 4.78 is 38.5. The predicted octanol–water partition coefficient (Wildman–Crippen LogP) is 0.923. The summed E-state index contributed by atoms with van der Waals surface area (Å²) in [7, 11) is 0. The summed E-state index contributed by atoms with van der Waals surface area (Å²) in [5.41, 5.74) is -1.57. The lowest BCUT2D eigenvalue weighted by Crippen LogP contribution is -2.37. The fourth-order valence-corrected chi connectivity index (χ4v) is 2.59. The van der Waals surface area contributed by atoms with Crippen molar-refractivity contribution >= 4 is 23.1 Å². The molecule has 0 atom stereocenters. The first-order valence-electron chi connectivity index (χ1n) is 8.50. The van der Waals surface area contributed by atoms with Crippen molar-refractivity contribution < 1.29 is 27.8 Å². The van der Waals surface area contributed by atoms with Crippen LogP contribution in [0.3, 0.4) is 0 Å². The lowest BCUT2D eigenvalue weighted by Gasteiger charge is -2.16. The molecule has 29 heavy (non-hydrogen) atoms. The molecule has 3 aromatic rings. The molecule has 0 radical (unpaired) electrons. The highest BCUT2D eigenvalue weighted by Gasteiger charge is 2.33. The van der Waals surface area contributed by atoms with E-state index < -0.39 is 35.2 Å². The Morgan fingerprint density at radius 1 is 1.14 bits per heavy atom. The van der Waals surface area contributed by atoms with Crippen LogP contribution in [0.5, 0.6) is 0 Å². The molecule has 0 N–H and O–H groups in total. The number of esters is 2. The maximum atomic E-state index is 14.1. The van der Waals surface area contributed by atoms with E-state index in [1.54, 1.807) is 0 Å². The number of hydrogen-bond acceptors (Lipinski definition) is 8. The van der Waals surface area contributed by atoms with Crippen molar-refractivity contribution in [1.29, 1.82) is 0 Å². The van der Waals surface area contributed by atoms with Gasteiger partial charge in [-0.3, -0.25) is 9.36 Å². The number of benzene rings is 1. The van der Waals surface area contributed by atoms with E-state index in [0.29, 0.717) is 10.6 Å². The van der Waals surface area contributed by atoms with Crippen molar-refractivity contribution in [2.45, 2.75) is 19.9 Å². The smallest absolute Gasteiger partial charge is 0.341 e. The molecule has 152 valence electrons. The Bertz CT molecular complexity index is 1120. The number of rotatable bonds is 6. The van der Waals surface area contributed by atoms with Crippen LogP contribution in [-0.4, -0.2) is 49.7 Å². The first-order chi connectivity index (χ1) is 13.9. The molecule has 0 fully saturated rings. The lowest BCUT2D eigenvalue weighted by molar-refractivity contribution is -0.160. The minimum atomic E-state index is -1.73. The third kappa shape index (κ3) is 3.68. The van der Waals surface area contributed by atoms with Gasteiger partial charge in [-0.1, -0.05) is 5.21 Å². The van der Waals surface area contributed by atoms with E-state index in [1.807, 2.05) is 0 Å². The summed E-state index contributed by atoms with van der Waals surface area (Å²) >= 11 is 0. The van der Waals surface area contributed by atoms with Gasteiger partial charge in [0, 0.05) is 6.07 Å². The van der Waals surface area contributed by atoms with Crippen LogP contribution in [0.2, 0.25) is 0 Å². The Morgan fingerprint density at radius 2 is 1.79 bits per heavy atom. The van der Waals surface area contributed by atoms with Crippen LogP contribution >= 0.6 is 0 Å². The number of fused-ring (bicyclic) bond motifs is 1. The van der Waals surface area contributed by atoms with Crippen LogP contribution < -0.4 is 5.56 Å². The maximum Gasteiger partial charge on any atom is 0.341 e. The minimum Gasteiger partial charge on any atom is -0.464 e. The van der Waals surface area contributed by atoms with Gasteiger partial charge in [0.25, 0.3) is 5.56 Å². The average molecular weight is 407 g/mol. The van der Waals surface area contributed by atoms with E-state index in [1.165, 1.54) is 13.8 Å². The minimum absolute atomic E-state index is 0.0286. The highest BCUT2D eigenvalue weighted by atomic mass is 19.1. The third-order valence-corrected chi connectivity index (χ3v) is 3.82. The second-order valence-corrected chi connectivity index (χ2v) is 5.63. The zero-order valence-electron chi connectivity index (χ0n) is 15.3. The van der Waals surface area contributed by atoms with Gasteiger partial charge in [0.15, 0.2) is 17.0 Å². The van der Waals surface area contributed by atoms with Gasteiger partial charge in [-0.25, -0.2) is 23.4 Å². The number of halogens is 2. The van der Waals surface area contributed by atoms with Gasteiger partial charge in [-0.15, -0.1) is 5.10 Å². The monoisotopic (exact) mass is 407 g/mol. The van der Waals surface area contributed by atoms with Crippen LogP contribution in [0, 0.1) is 11.6 Å². The second-order valence-electron chi connectivity index (χ2n) is 5.63. The summed E-state index contributed by atoms with van der Waals surface area (Å²) in [5, 5.41) is 7.34. The van der Waals surface area contributed by atoms with E-state index in [2.05, 4.69) is 15.3 Å². The van der Waals surface area contributed by atoms with Crippen molar-refractivity contribution in [3.05, 3.63) is 46.5 Å². The topological polar surface area (TPSA) is 118 Å². The van der Waals surface area contributed by atoms with Crippen LogP contribution in [0.25, 0.3) is 16.9 Å². The van der Waals surface area contributed by atoms with Crippen LogP contribution in [0.15, 0.2) is 29.3 Å². The molecule has 0 unspecified atom stereocenters. The number of carbonyl (C=O) groups excluding carboxylic acids is 2. The van der Waals surface area contributed by atoms with E-state index >= 15 is 0 Å². The molecule has 0 aliphatic heterocycles. The molecular formula is C17H15F2N5O5. The molecule has 0 spiro atoms. The highest BCUT2D eigenvalue weighted by molar-refractivity contribution is 5.97. The molecule has 0 saturated carbocycles. The van der Waals surface area contributed by atoms with Gasteiger partial charge in [-0.05, 0) is 26.0 Å². The average Bonchev–Trinajstić information content (AvgIpc) is 3.09. The SMILES string of the molecule is CCOC(=O)C(C(=O)OCC)n1cnc2c(nnn2-c2ccc(F)cc2F)c1=O. The molecular weight excluding hydrogens is 392 g/mol. The van der Waals surface area contributed by atoms with Crippen LogP contribution in [0.1, 0.15) is 19.9 Å². The zero-order valence-corrected chi connectivity index (χ0v) is 15.3. The molecule has 10 nitrogen and oxygen atoms in total. The fourth-order valence-electron chi connectivity index (χ4n) is 2.59. The molecule has 0 aliphatic carbocycles. The molecule has 2 aromatic heterocycles. The number of carbonyl (C=O) groups is 2. The summed E-state index contributed by atoms with van der Waals surface area (Å²) in [6.07, 6.45) is 0.907. The molecule has 2 heterocycles. The second kappa shape index (κ2) is 8.12. The van der Waals surface area contributed by atoms with Crippen LogP contribution in [0.4, 0.5) is 8.78 Å². The molecule has 0 saturated heterocycles. The van der Waals surface area contributed by atoms with E-state index in [4.69, 9.17) is 9.47 Å². The zero-order chi connectivity index (χ0) is 21.1. The number of aromatic nitrogens is 5. The standard InChI is InChI=1S/C17H15F2N5O5/c1-3-28-16(26)13(17(27)29-4-2)23-8-20-14-12(15(23)25)21-22-24(14)11-6-5-9(18)7-10(11)19/h5-8,13H,3-4H2,1-2H3. The first kappa shape index (κ1) is 20.0. The molecule has 12 heteroatoms. The van der Waals surface area contributed by atoms with Crippen molar-refractivity contribution in [3.8, 4) is 5.69 Å². The van der Waals surface area contributed by atoms with Gasteiger partial charge in [0.2, 0.25) is 6.04 Å². The van der Waals surface area contributed by atoms with Crippen molar-refractivity contribution in [2.75, 3.05) is 13.2 Å². The van der Waals surface area contributed by atoms with Gasteiger partial charge in [0.05, 0.1) is 13.2 Å². The van der Waals surface area contributed by atoms with Crippen molar-refractivity contribution in [1.82, 2.24) is 24.5 Å². The first-order valence-corrected chi connectivity index (χ1v) is 8.50.